The standard InChI is InChI=1S/C22H26N2O3S/c1-17-9-11-18(12-10-17)14-16-28(26,27)23-15-13-22(25)24-21-8-4-6-19-5-2-3-7-20(19)21/h2-3,5,7,9-12,14,16,21,23H,4,6,8,13,15H2,1H3,(H,24,25)/b16-14+/t21-/m1/s1. The smallest absolute Gasteiger partial charge is 0.233 e. The maximum Gasteiger partial charge on any atom is 0.233 e. The molecule has 148 valence electrons. The number of rotatable bonds is 7. The van der Waals surface area contributed by atoms with Gasteiger partial charge in [-0.05, 0) is 49.0 Å². The Balaban J connectivity index is 1.48. The van der Waals surface area contributed by atoms with Gasteiger partial charge in [-0.2, -0.15) is 0 Å². The molecule has 0 fully saturated rings. The van der Waals surface area contributed by atoms with Gasteiger partial charge in [0, 0.05) is 18.4 Å². The van der Waals surface area contributed by atoms with Crippen LogP contribution in [-0.4, -0.2) is 20.9 Å². The van der Waals surface area contributed by atoms with E-state index in [2.05, 4.69) is 22.2 Å². The highest BCUT2D eigenvalue weighted by Gasteiger charge is 2.21. The lowest BCUT2D eigenvalue weighted by atomic mass is 9.88. The highest BCUT2D eigenvalue weighted by atomic mass is 32.2. The number of carbonyl (C=O) groups is 1. The van der Waals surface area contributed by atoms with Crippen LogP contribution in [-0.2, 0) is 21.2 Å². The van der Waals surface area contributed by atoms with Crippen molar-refractivity contribution in [1.82, 2.24) is 10.0 Å². The maximum absolute atomic E-state index is 12.3. The number of aryl methyl sites for hydroxylation is 2. The molecule has 2 aromatic carbocycles. The Morgan fingerprint density at radius 2 is 1.89 bits per heavy atom. The molecule has 0 saturated heterocycles. The molecule has 28 heavy (non-hydrogen) atoms. The molecule has 0 bridgehead atoms. The summed E-state index contributed by atoms with van der Waals surface area (Å²) in [6, 6.07) is 15.7. The first-order valence-electron chi connectivity index (χ1n) is 9.54. The van der Waals surface area contributed by atoms with Crippen molar-refractivity contribution in [1.29, 1.82) is 0 Å². The number of nitrogens with one attached hydrogen (secondary N) is 2. The highest BCUT2D eigenvalue weighted by Crippen LogP contribution is 2.29. The molecule has 0 unspecified atom stereocenters. The minimum Gasteiger partial charge on any atom is -0.349 e. The molecule has 0 heterocycles. The number of benzene rings is 2. The average molecular weight is 399 g/mol. The van der Waals surface area contributed by atoms with Crippen molar-refractivity contribution >= 4 is 22.0 Å². The Kier molecular flexibility index (Phi) is 6.65. The van der Waals surface area contributed by atoms with Crippen molar-refractivity contribution in [2.24, 2.45) is 0 Å². The van der Waals surface area contributed by atoms with Crippen LogP contribution in [0.15, 0.2) is 53.9 Å². The van der Waals surface area contributed by atoms with Crippen molar-refractivity contribution in [3.8, 4) is 0 Å². The summed E-state index contributed by atoms with van der Waals surface area (Å²) in [5.41, 5.74) is 4.37. The fourth-order valence-corrected chi connectivity index (χ4v) is 4.19. The van der Waals surface area contributed by atoms with Crippen LogP contribution in [0.4, 0.5) is 0 Å². The molecule has 3 rings (SSSR count). The summed E-state index contributed by atoms with van der Waals surface area (Å²) in [4.78, 5) is 12.3. The van der Waals surface area contributed by atoms with E-state index in [1.165, 1.54) is 11.1 Å². The summed E-state index contributed by atoms with van der Waals surface area (Å²) < 4.78 is 26.6. The molecule has 1 amide bonds. The zero-order chi connectivity index (χ0) is 20.0. The molecule has 2 aromatic rings. The lowest BCUT2D eigenvalue weighted by Gasteiger charge is -2.26. The monoisotopic (exact) mass is 398 g/mol. The maximum atomic E-state index is 12.3. The number of hydrogen-bond acceptors (Lipinski definition) is 3. The Bertz CT molecular complexity index is 950. The van der Waals surface area contributed by atoms with Crippen LogP contribution in [0.3, 0.4) is 0 Å². The van der Waals surface area contributed by atoms with Crippen LogP contribution < -0.4 is 10.0 Å². The SMILES string of the molecule is Cc1ccc(/C=C/S(=O)(=O)NCCC(=O)N[C@@H]2CCCc3ccccc32)cc1. The lowest BCUT2D eigenvalue weighted by molar-refractivity contribution is -0.121. The Labute approximate surface area is 166 Å². The predicted molar refractivity (Wildman–Crippen MR) is 112 cm³/mol. The van der Waals surface area contributed by atoms with Crippen LogP contribution in [0, 0.1) is 6.92 Å². The molecule has 1 aliphatic rings. The molecule has 0 aromatic heterocycles. The van der Waals surface area contributed by atoms with Crippen molar-refractivity contribution in [2.45, 2.75) is 38.6 Å². The second kappa shape index (κ2) is 9.17. The summed E-state index contributed by atoms with van der Waals surface area (Å²) in [6.45, 7) is 2.05. The third-order valence-electron chi connectivity index (χ3n) is 4.88. The second-order valence-corrected chi connectivity index (χ2v) is 8.76. The average Bonchev–Trinajstić information content (AvgIpc) is 2.68. The van der Waals surface area contributed by atoms with Crippen molar-refractivity contribution in [3.63, 3.8) is 0 Å². The van der Waals surface area contributed by atoms with E-state index < -0.39 is 10.0 Å². The summed E-state index contributed by atoms with van der Waals surface area (Å²) >= 11 is 0. The highest BCUT2D eigenvalue weighted by molar-refractivity contribution is 7.92. The van der Waals surface area contributed by atoms with E-state index in [-0.39, 0.29) is 24.9 Å². The first-order valence-corrected chi connectivity index (χ1v) is 11.1. The van der Waals surface area contributed by atoms with E-state index in [1.54, 1.807) is 6.08 Å². The molecular formula is C22H26N2O3S. The third-order valence-corrected chi connectivity index (χ3v) is 5.98. The van der Waals surface area contributed by atoms with E-state index in [4.69, 9.17) is 0 Å². The van der Waals surface area contributed by atoms with E-state index >= 15 is 0 Å². The zero-order valence-electron chi connectivity index (χ0n) is 16.0. The van der Waals surface area contributed by atoms with Crippen molar-refractivity contribution in [3.05, 3.63) is 76.2 Å². The van der Waals surface area contributed by atoms with Gasteiger partial charge in [-0.3, -0.25) is 4.79 Å². The van der Waals surface area contributed by atoms with Gasteiger partial charge in [0.15, 0.2) is 0 Å². The Morgan fingerprint density at radius 1 is 1.14 bits per heavy atom. The largest absolute Gasteiger partial charge is 0.349 e. The molecular weight excluding hydrogens is 372 g/mol. The Hall–Kier alpha value is -2.44. The lowest BCUT2D eigenvalue weighted by Crippen LogP contribution is -2.33. The van der Waals surface area contributed by atoms with Gasteiger partial charge in [-0.1, -0.05) is 54.1 Å². The Morgan fingerprint density at radius 3 is 2.68 bits per heavy atom. The van der Waals surface area contributed by atoms with Gasteiger partial charge in [0.25, 0.3) is 0 Å². The minimum atomic E-state index is -3.58. The molecule has 6 heteroatoms. The van der Waals surface area contributed by atoms with Gasteiger partial charge < -0.3 is 5.32 Å². The van der Waals surface area contributed by atoms with Gasteiger partial charge >= 0.3 is 0 Å². The molecule has 1 atom stereocenters. The molecule has 2 N–H and O–H groups in total. The minimum absolute atomic E-state index is 0.00971. The fraction of sp³-hybridized carbons (Fsp3) is 0.318. The van der Waals surface area contributed by atoms with Crippen molar-refractivity contribution in [2.75, 3.05) is 6.54 Å². The fourth-order valence-electron chi connectivity index (χ4n) is 3.37. The van der Waals surface area contributed by atoms with Crippen LogP contribution in [0.1, 0.15) is 47.6 Å². The number of fused-ring (bicyclic) bond motifs is 1. The van der Waals surface area contributed by atoms with Crippen LogP contribution in [0.2, 0.25) is 0 Å². The molecule has 0 spiro atoms. The molecule has 1 aliphatic carbocycles. The second-order valence-electron chi connectivity index (χ2n) is 7.11. The number of carbonyl (C=O) groups excluding carboxylic acids is 1. The van der Waals surface area contributed by atoms with E-state index in [0.29, 0.717) is 0 Å². The zero-order valence-corrected chi connectivity index (χ0v) is 16.8. The number of amides is 1. The first-order chi connectivity index (χ1) is 13.4. The van der Waals surface area contributed by atoms with Crippen LogP contribution >= 0.6 is 0 Å². The van der Waals surface area contributed by atoms with Gasteiger partial charge in [0.2, 0.25) is 15.9 Å². The predicted octanol–water partition coefficient (Wildman–Crippen LogP) is 3.47. The van der Waals surface area contributed by atoms with Crippen LogP contribution in [0.5, 0.6) is 0 Å². The summed E-state index contributed by atoms with van der Waals surface area (Å²) in [5, 5.41) is 4.16. The van der Waals surface area contributed by atoms with Gasteiger partial charge in [-0.25, -0.2) is 13.1 Å². The summed E-state index contributed by atoms with van der Waals surface area (Å²) in [5.74, 6) is -0.146. The van der Waals surface area contributed by atoms with E-state index in [9.17, 15) is 13.2 Å². The van der Waals surface area contributed by atoms with Gasteiger partial charge in [0.1, 0.15) is 0 Å². The molecule has 0 aliphatic heterocycles. The number of sulfonamides is 1. The van der Waals surface area contributed by atoms with Crippen LogP contribution in [0.25, 0.3) is 6.08 Å². The molecule has 0 saturated carbocycles. The summed E-state index contributed by atoms with van der Waals surface area (Å²) in [7, 11) is -3.58. The number of hydrogen-bond donors (Lipinski definition) is 2. The molecule has 0 radical (unpaired) electrons. The van der Waals surface area contributed by atoms with E-state index in [0.717, 1.165) is 35.8 Å². The quantitative estimate of drug-likeness (QED) is 0.750. The van der Waals surface area contributed by atoms with Gasteiger partial charge in [0.05, 0.1) is 6.04 Å². The van der Waals surface area contributed by atoms with E-state index in [1.807, 2.05) is 43.3 Å². The normalized spacial score (nSPS) is 16.7. The molecule has 5 nitrogen and oxygen atoms in total. The first kappa shape index (κ1) is 20.3. The van der Waals surface area contributed by atoms with Gasteiger partial charge in [-0.15, -0.1) is 0 Å². The third kappa shape index (κ3) is 5.78. The summed E-state index contributed by atoms with van der Waals surface area (Å²) in [6.07, 6.45) is 4.64. The van der Waals surface area contributed by atoms with Crippen molar-refractivity contribution < 1.29 is 13.2 Å². The topological polar surface area (TPSA) is 75.3 Å².